The van der Waals surface area contributed by atoms with Gasteiger partial charge in [-0.25, -0.2) is 4.79 Å². The van der Waals surface area contributed by atoms with Crippen molar-refractivity contribution in [1.29, 1.82) is 0 Å². The molecule has 0 saturated carbocycles. The van der Waals surface area contributed by atoms with Crippen molar-refractivity contribution in [2.75, 3.05) is 14.2 Å². The Morgan fingerprint density at radius 2 is 1.79 bits per heavy atom. The molecule has 0 aromatic heterocycles. The molecule has 2 aromatic rings. The van der Waals surface area contributed by atoms with Crippen LogP contribution in [0.2, 0.25) is 5.02 Å². The molecule has 24 heavy (non-hydrogen) atoms. The highest BCUT2D eigenvalue weighted by Crippen LogP contribution is 2.28. The number of benzene rings is 2. The van der Waals surface area contributed by atoms with Crippen LogP contribution in [0.5, 0.6) is 11.5 Å². The average molecular weight is 347 g/mol. The summed E-state index contributed by atoms with van der Waals surface area (Å²) in [5.41, 5.74) is 1.57. The van der Waals surface area contributed by atoms with Crippen LogP contribution in [0.15, 0.2) is 48.5 Å². The first-order valence-corrected chi connectivity index (χ1v) is 7.78. The van der Waals surface area contributed by atoms with Crippen molar-refractivity contribution in [2.24, 2.45) is 0 Å². The molecule has 1 atom stereocenters. The van der Waals surface area contributed by atoms with Gasteiger partial charge in [0.25, 0.3) is 0 Å². The molecule has 2 aromatic carbocycles. The van der Waals surface area contributed by atoms with Gasteiger partial charge in [0.2, 0.25) is 0 Å². The summed E-state index contributed by atoms with van der Waals surface area (Å²) in [6.45, 7) is 1.78. The van der Waals surface area contributed by atoms with Crippen LogP contribution in [0.1, 0.15) is 24.2 Å². The van der Waals surface area contributed by atoms with Crippen LogP contribution in [-0.4, -0.2) is 20.2 Å². The second-order valence-electron chi connectivity index (χ2n) is 5.05. The number of hydrogen-bond acceptors (Lipinski definition) is 4. The number of ether oxygens (including phenoxy) is 3. The molecule has 2 rings (SSSR count). The highest BCUT2D eigenvalue weighted by Gasteiger charge is 2.12. The molecular formula is C19H19ClO4. The Balaban J connectivity index is 2.04. The fourth-order valence-electron chi connectivity index (χ4n) is 2.20. The van der Waals surface area contributed by atoms with Crippen LogP contribution in [0.3, 0.4) is 0 Å². The number of halogens is 1. The van der Waals surface area contributed by atoms with E-state index in [2.05, 4.69) is 0 Å². The number of esters is 1. The Kier molecular flexibility index (Phi) is 6.27. The van der Waals surface area contributed by atoms with Gasteiger partial charge in [0.1, 0.15) is 6.10 Å². The third-order valence-electron chi connectivity index (χ3n) is 3.46. The van der Waals surface area contributed by atoms with Gasteiger partial charge in [-0.05, 0) is 36.8 Å². The number of carbonyl (C=O) groups is 1. The Hall–Kier alpha value is -2.46. The maximum absolute atomic E-state index is 12.0. The van der Waals surface area contributed by atoms with E-state index >= 15 is 0 Å². The molecule has 0 radical (unpaired) electrons. The maximum atomic E-state index is 12.0. The minimum absolute atomic E-state index is 0.429. The van der Waals surface area contributed by atoms with Gasteiger partial charge in [-0.1, -0.05) is 35.9 Å². The zero-order valence-corrected chi connectivity index (χ0v) is 14.5. The number of rotatable bonds is 6. The Morgan fingerprint density at radius 3 is 2.46 bits per heavy atom. The van der Waals surface area contributed by atoms with E-state index in [-0.39, 0.29) is 0 Å². The van der Waals surface area contributed by atoms with Crippen molar-refractivity contribution >= 4 is 23.6 Å². The first-order chi connectivity index (χ1) is 11.5. The van der Waals surface area contributed by atoms with E-state index in [0.717, 1.165) is 11.1 Å². The topological polar surface area (TPSA) is 44.8 Å². The lowest BCUT2D eigenvalue weighted by molar-refractivity contribution is -0.142. The summed E-state index contributed by atoms with van der Waals surface area (Å²) in [7, 11) is 3.13. The van der Waals surface area contributed by atoms with Crippen LogP contribution >= 0.6 is 11.6 Å². The smallest absolute Gasteiger partial charge is 0.331 e. The van der Waals surface area contributed by atoms with Crippen LogP contribution in [-0.2, 0) is 9.53 Å². The monoisotopic (exact) mass is 346 g/mol. The molecule has 5 heteroatoms. The van der Waals surface area contributed by atoms with Crippen LogP contribution in [0.25, 0.3) is 6.08 Å². The van der Waals surface area contributed by atoms with Crippen molar-refractivity contribution in [2.45, 2.75) is 13.0 Å². The van der Waals surface area contributed by atoms with Crippen molar-refractivity contribution in [1.82, 2.24) is 0 Å². The lowest BCUT2D eigenvalue weighted by Crippen LogP contribution is -2.06. The summed E-state index contributed by atoms with van der Waals surface area (Å²) < 4.78 is 15.8. The molecule has 0 unspecified atom stereocenters. The van der Waals surface area contributed by atoms with Crippen LogP contribution in [0.4, 0.5) is 0 Å². The Morgan fingerprint density at radius 1 is 1.08 bits per heavy atom. The van der Waals surface area contributed by atoms with Gasteiger partial charge >= 0.3 is 5.97 Å². The summed E-state index contributed by atoms with van der Waals surface area (Å²) in [5.74, 6) is 0.777. The average Bonchev–Trinajstić information content (AvgIpc) is 2.59. The number of methoxy groups -OCH3 is 2. The van der Waals surface area contributed by atoms with Crippen LogP contribution < -0.4 is 9.47 Å². The molecule has 0 bridgehead atoms. The van der Waals surface area contributed by atoms with Crippen molar-refractivity contribution < 1.29 is 19.0 Å². The fraction of sp³-hybridized carbons (Fsp3) is 0.211. The molecule has 0 saturated heterocycles. The molecule has 0 aliphatic heterocycles. The summed E-state index contributed by atoms with van der Waals surface area (Å²) >= 11 is 6.10. The third-order valence-corrected chi connectivity index (χ3v) is 3.80. The van der Waals surface area contributed by atoms with Crippen molar-refractivity contribution in [3.8, 4) is 11.5 Å². The normalized spacial score (nSPS) is 12.0. The molecule has 126 valence electrons. The summed E-state index contributed by atoms with van der Waals surface area (Å²) in [6.07, 6.45) is 2.60. The zero-order chi connectivity index (χ0) is 17.5. The third kappa shape index (κ3) is 4.52. The molecule has 0 aliphatic carbocycles. The van der Waals surface area contributed by atoms with Gasteiger partial charge in [-0.3, -0.25) is 0 Å². The van der Waals surface area contributed by atoms with E-state index in [9.17, 15) is 4.79 Å². The predicted octanol–water partition coefficient (Wildman–Crippen LogP) is 4.67. The van der Waals surface area contributed by atoms with E-state index in [1.54, 1.807) is 45.4 Å². The summed E-state index contributed by atoms with van der Waals surface area (Å²) in [4.78, 5) is 12.0. The standard InChI is InChI=1S/C19H19ClO4/c1-13(15-6-4-5-7-16(15)20)24-19(21)11-9-14-8-10-17(22-2)18(12-14)23-3/h4-13H,1-3H3/b11-9+/t13-/m1/s1. The molecule has 0 amide bonds. The van der Waals surface area contributed by atoms with E-state index in [1.807, 2.05) is 24.3 Å². The molecule has 4 nitrogen and oxygen atoms in total. The molecule has 0 N–H and O–H groups in total. The van der Waals surface area contributed by atoms with Crippen molar-refractivity contribution in [3.63, 3.8) is 0 Å². The van der Waals surface area contributed by atoms with Crippen LogP contribution in [0, 0.1) is 0 Å². The summed E-state index contributed by atoms with van der Waals surface area (Å²) in [6, 6.07) is 12.7. The van der Waals surface area contributed by atoms with Gasteiger partial charge in [0, 0.05) is 16.7 Å². The molecule has 0 fully saturated rings. The van der Waals surface area contributed by atoms with Gasteiger partial charge in [-0.15, -0.1) is 0 Å². The lowest BCUT2D eigenvalue weighted by atomic mass is 10.1. The van der Waals surface area contributed by atoms with E-state index in [0.29, 0.717) is 16.5 Å². The SMILES string of the molecule is COc1ccc(/C=C/C(=O)O[C@H](C)c2ccccc2Cl)cc1OC. The van der Waals surface area contributed by atoms with Gasteiger partial charge in [-0.2, -0.15) is 0 Å². The highest BCUT2D eigenvalue weighted by atomic mass is 35.5. The van der Waals surface area contributed by atoms with Crippen molar-refractivity contribution in [3.05, 3.63) is 64.7 Å². The summed E-state index contributed by atoms with van der Waals surface area (Å²) in [5, 5.41) is 0.571. The molecular weight excluding hydrogens is 328 g/mol. The number of hydrogen-bond donors (Lipinski definition) is 0. The lowest BCUT2D eigenvalue weighted by Gasteiger charge is -2.13. The quantitative estimate of drug-likeness (QED) is 0.563. The first-order valence-electron chi connectivity index (χ1n) is 7.40. The first kappa shape index (κ1) is 17.9. The largest absolute Gasteiger partial charge is 0.493 e. The zero-order valence-electron chi connectivity index (χ0n) is 13.8. The second kappa shape index (κ2) is 8.41. The minimum atomic E-state index is -0.447. The van der Waals surface area contributed by atoms with Gasteiger partial charge < -0.3 is 14.2 Å². The second-order valence-corrected chi connectivity index (χ2v) is 5.46. The molecule has 0 spiro atoms. The number of carbonyl (C=O) groups excluding carboxylic acids is 1. The maximum Gasteiger partial charge on any atom is 0.331 e. The minimum Gasteiger partial charge on any atom is -0.493 e. The Labute approximate surface area is 146 Å². The van der Waals surface area contributed by atoms with E-state index < -0.39 is 12.1 Å². The van der Waals surface area contributed by atoms with E-state index in [1.165, 1.54) is 6.08 Å². The van der Waals surface area contributed by atoms with Gasteiger partial charge in [0.15, 0.2) is 11.5 Å². The van der Waals surface area contributed by atoms with Gasteiger partial charge in [0.05, 0.1) is 14.2 Å². The molecule has 0 heterocycles. The fourth-order valence-corrected chi connectivity index (χ4v) is 2.49. The predicted molar refractivity (Wildman–Crippen MR) is 94.5 cm³/mol. The highest BCUT2D eigenvalue weighted by molar-refractivity contribution is 6.31. The Bertz CT molecular complexity index is 740. The van der Waals surface area contributed by atoms with E-state index in [4.69, 9.17) is 25.8 Å². The molecule has 0 aliphatic rings.